The predicted molar refractivity (Wildman–Crippen MR) is 115 cm³/mol. The highest BCUT2D eigenvalue weighted by molar-refractivity contribution is 7.90. The van der Waals surface area contributed by atoms with E-state index in [9.17, 15) is 23.1 Å². The number of amides is 1. The molecule has 0 saturated heterocycles. The molecule has 1 heterocycles. The monoisotopic (exact) mass is 441 g/mol. The van der Waals surface area contributed by atoms with Gasteiger partial charge < -0.3 is 5.11 Å². The number of rotatable bonds is 8. The van der Waals surface area contributed by atoms with Crippen LogP contribution in [0.4, 0.5) is 0 Å². The standard InChI is InChI=1S/C22H23N3O5S/c1-3-7-19-21(31(29,30)24-15(2)26)20(22(27)28)23-25(19)14-16-10-12-18(13-11-16)17-8-5-4-6-9-17/h4-6,8-13H,3,7,14H2,1-2H3,(H,24,26)(H,27,28). The van der Waals surface area contributed by atoms with E-state index >= 15 is 0 Å². The minimum Gasteiger partial charge on any atom is -0.476 e. The van der Waals surface area contributed by atoms with E-state index in [1.54, 1.807) is 0 Å². The average Bonchev–Trinajstić information content (AvgIpc) is 3.08. The Labute approximate surface area is 180 Å². The minimum absolute atomic E-state index is 0.195. The minimum atomic E-state index is -4.37. The van der Waals surface area contributed by atoms with Crippen molar-refractivity contribution in [2.45, 2.75) is 38.1 Å². The number of nitrogens with one attached hydrogen (secondary N) is 1. The first-order valence-electron chi connectivity index (χ1n) is 9.73. The Morgan fingerprint density at radius 1 is 1.03 bits per heavy atom. The molecule has 0 aliphatic heterocycles. The normalized spacial score (nSPS) is 11.3. The van der Waals surface area contributed by atoms with E-state index in [-0.39, 0.29) is 18.7 Å². The molecule has 0 spiro atoms. The maximum absolute atomic E-state index is 12.7. The van der Waals surface area contributed by atoms with E-state index < -0.39 is 32.5 Å². The molecule has 0 atom stereocenters. The Bertz CT molecular complexity index is 1200. The molecule has 0 radical (unpaired) electrons. The van der Waals surface area contributed by atoms with Gasteiger partial charge in [-0.1, -0.05) is 67.9 Å². The number of hydrogen-bond donors (Lipinski definition) is 2. The number of sulfonamides is 1. The van der Waals surface area contributed by atoms with Crippen molar-refractivity contribution in [1.82, 2.24) is 14.5 Å². The number of aromatic nitrogens is 2. The highest BCUT2D eigenvalue weighted by Crippen LogP contribution is 2.24. The van der Waals surface area contributed by atoms with E-state index in [4.69, 9.17) is 0 Å². The number of hydrogen-bond acceptors (Lipinski definition) is 5. The van der Waals surface area contributed by atoms with Crippen LogP contribution in [-0.4, -0.2) is 35.2 Å². The third kappa shape index (κ3) is 5.00. The average molecular weight is 442 g/mol. The zero-order valence-corrected chi connectivity index (χ0v) is 18.0. The molecule has 3 aromatic rings. The summed E-state index contributed by atoms with van der Waals surface area (Å²) in [5.41, 5.74) is 2.58. The van der Waals surface area contributed by atoms with Gasteiger partial charge in [0.2, 0.25) is 5.91 Å². The molecule has 0 saturated carbocycles. The number of benzene rings is 2. The highest BCUT2D eigenvalue weighted by Gasteiger charge is 2.32. The molecule has 8 nitrogen and oxygen atoms in total. The highest BCUT2D eigenvalue weighted by atomic mass is 32.2. The Hall–Kier alpha value is -3.46. The number of carboxylic acids is 1. The van der Waals surface area contributed by atoms with Crippen molar-refractivity contribution in [2.24, 2.45) is 0 Å². The fourth-order valence-electron chi connectivity index (χ4n) is 3.36. The summed E-state index contributed by atoms with van der Waals surface area (Å²) >= 11 is 0. The van der Waals surface area contributed by atoms with Crippen LogP contribution in [0.3, 0.4) is 0 Å². The van der Waals surface area contributed by atoms with Crippen LogP contribution in [0.2, 0.25) is 0 Å². The maximum Gasteiger partial charge on any atom is 0.357 e. The molecule has 1 amide bonds. The summed E-state index contributed by atoms with van der Waals surface area (Å²) in [7, 11) is -4.37. The molecule has 31 heavy (non-hydrogen) atoms. The van der Waals surface area contributed by atoms with Gasteiger partial charge >= 0.3 is 5.97 Å². The summed E-state index contributed by atoms with van der Waals surface area (Å²) in [6, 6.07) is 17.5. The van der Waals surface area contributed by atoms with E-state index in [0.29, 0.717) is 6.42 Å². The Morgan fingerprint density at radius 3 is 2.19 bits per heavy atom. The molecule has 0 aliphatic rings. The molecular formula is C22H23N3O5S. The molecule has 9 heteroatoms. The summed E-state index contributed by atoms with van der Waals surface area (Å²) in [4.78, 5) is 22.6. The second-order valence-electron chi connectivity index (χ2n) is 7.06. The van der Waals surface area contributed by atoms with Gasteiger partial charge in [0, 0.05) is 6.92 Å². The van der Waals surface area contributed by atoms with Crippen LogP contribution in [0.1, 0.15) is 42.0 Å². The van der Waals surface area contributed by atoms with Crippen LogP contribution in [0.15, 0.2) is 59.5 Å². The van der Waals surface area contributed by atoms with Gasteiger partial charge in [-0.2, -0.15) is 5.10 Å². The van der Waals surface area contributed by atoms with Crippen LogP contribution in [0.25, 0.3) is 11.1 Å². The van der Waals surface area contributed by atoms with E-state index in [1.807, 2.05) is 66.2 Å². The molecule has 0 unspecified atom stereocenters. The lowest BCUT2D eigenvalue weighted by Crippen LogP contribution is -2.30. The summed E-state index contributed by atoms with van der Waals surface area (Å²) < 4.78 is 28.6. The van der Waals surface area contributed by atoms with Crippen molar-refractivity contribution in [3.8, 4) is 11.1 Å². The Kier molecular flexibility index (Phi) is 6.55. The largest absolute Gasteiger partial charge is 0.476 e. The summed E-state index contributed by atoms with van der Waals surface area (Å²) in [6.07, 6.45) is 0.858. The molecule has 3 rings (SSSR count). The summed E-state index contributed by atoms with van der Waals surface area (Å²) in [5.74, 6) is -2.28. The van der Waals surface area contributed by atoms with Gasteiger partial charge in [-0.3, -0.25) is 9.48 Å². The van der Waals surface area contributed by atoms with Gasteiger partial charge in [-0.25, -0.2) is 17.9 Å². The van der Waals surface area contributed by atoms with Crippen LogP contribution >= 0.6 is 0 Å². The molecule has 0 aliphatic carbocycles. The SMILES string of the molecule is CCCc1c(S(=O)(=O)NC(C)=O)c(C(=O)O)nn1Cc1ccc(-c2ccccc2)cc1. The Balaban J connectivity index is 2.02. The smallest absolute Gasteiger partial charge is 0.357 e. The van der Waals surface area contributed by atoms with Crippen molar-refractivity contribution >= 4 is 21.9 Å². The topological polar surface area (TPSA) is 118 Å². The summed E-state index contributed by atoms with van der Waals surface area (Å²) in [5, 5.41) is 13.6. The van der Waals surface area contributed by atoms with Crippen LogP contribution in [0.5, 0.6) is 0 Å². The van der Waals surface area contributed by atoms with Crippen molar-refractivity contribution in [2.75, 3.05) is 0 Å². The molecule has 2 N–H and O–H groups in total. The first-order valence-corrected chi connectivity index (χ1v) is 11.2. The van der Waals surface area contributed by atoms with Crippen molar-refractivity contribution < 1.29 is 23.1 Å². The maximum atomic E-state index is 12.7. The predicted octanol–water partition coefficient (Wildman–Crippen LogP) is 3.07. The van der Waals surface area contributed by atoms with E-state index in [0.717, 1.165) is 23.6 Å². The van der Waals surface area contributed by atoms with Gasteiger partial charge in [0.25, 0.3) is 10.0 Å². The second kappa shape index (κ2) is 9.13. The molecule has 0 fully saturated rings. The number of carbonyl (C=O) groups excluding carboxylic acids is 1. The van der Waals surface area contributed by atoms with Gasteiger partial charge in [-0.15, -0.1) is 0 Å². The molecule has 1 aromatic heterocycles. The molecule has 162 valence electrons. The molecule has 0 bridgehead atoms. The Morgan fingerprint density at radius 2 is 1.65 bits per heavy atom. The van der Waals surface area contributed by atoms with Crippen LogP contribution in [0, 0.1) is 0 Å². The summed E-state index contributed by atoms with van der Waals surface area (Å²) in [6.45, 7) is 3.09. The quantitative estimate of drug-likeness (QED) is 0.555. The fraction of sp³-hybridized carbons (Fsp3) is 0.227. The zero-order valence-electron chi connectivity index (χ0n) is 17.2. The van der Waals surface area contributed by atoms with Gasteiger partial charge in [0.1, 0.15) is 4.90 Å². The number of carbonyl (C=O) groups is 2. The van der Waals surface area contributed by atoms with Crippen LogP contribution < -0.4 is 4.72 Å². The van der Waals surface area contributed by atoms with Gasteiger partial charge in [0.15, 0.2) is 5.69 Å². The first kappa shape index (κ1) is 22.2. The number of aromatic carboxylic acids is 1. The van der Waals surface area contributed by atoms with Crippen molar-refractivity contribution in [1.29, 1.82) is 0 Å². The number of nitrogens with zero attached hydrogens (tertiary/aromatic N) is 2. The fourth-order valence-corrected chi connectivity index (χ4v) is 4.74. The van der Waals surface area contributed by atoms with Gasteiger partial charge in [-0.05, 0) is 23.1 Å². The van der Waals surface area contributed by atoms with E-state index in [2.05, 4.69) is 5.10 Å². The zero-order chi connectivity index (χ0) is 22.6. The van der Waals surface area contributed by atoms with Crippen molar-refractivity contribution in [3.63, 3.8) is 0 Å². The first-order chi connectivity index (χ1) is 14.7. The van der Waals surface area contributed by atoms with Crippen LogP contribution in [-0.2, 0) is 27.8 Å². The van der Waals surface area contributed by atoms with Crippen molar-refractivity contribution in [3.05, 3.63) is 71.5 Å². The number of carboxylic acid groups (broad SMARTS) is 1. The molecular weight excluding hydrogens is 418 g/mol. The second-order valence-corrected chi connectivity index (χ2v) is 8.68. The molecule has 2 aromatic carbocycles. The third-order valence-electron chi connectivity index (χ3n) is 4.64. The lowest BCUT2D eigenvalue weighted by Gasteiger charge is -2.10. The third-order valence-corrected chi connectivity index (χ3v) is 6.16. The van der Waals surface area contributed by atoms with Gasteiger partial charge in [0.05, 0.1) is 12.2 Å². The lowest BCUT2D eigenvalue weighted by molar-refractivity contribution is -0.117. The lowest BCUT2D eigenvalue weighted by atomic mass is 10.0. The van der Waals surface area contributed by atoms with E-state index in [1.165, 1.54) is 4.68 Å².